The number of ether oxygens (including phenoxy) is 3. The lowest BCUT2D eigenvalue weighted by molar-refractivity contribution is -0.136. The lowest BCUT2D eigenvalue weighted by Crippen LogP contribution is -2.36. The summed E-state index contributed by atoms with van der Waals surface area (Å²) in [5.74, 6) is 0.478. The first-order valence-corrected chi connectivity index (χ1v) is 10.6. The third-order valence-corrected chi connectivity index (χ3v) is 6.27. The van der Waals surface area contributed by atoms with Crippen LogP contribution in [0.5, 0.6) is 11.5 Å². The van der Waals surface area contributed by atoms with Gasteiger partial charge in [0.15, 0.2) is 5.78 Å². The van der Waals surface area contributed by atoms with Gasteiger partial charge in [-0.15, -0.1) is 0 Å². The Kier molecular flexibility index (Phi) is 6.04. The van der Waals surface area contributed by atoms with E-state index in [1.54, 1.807) is 14.2 Å². The summed E-state index contributed by atoms with van der Waals surface area (Å²) in [6.45, 7) is 1.85. The number of methoxy groups -OCH3 is 3. The monoisotopic (exact) mass is 433 g/mol. The molecule has 0 bridgehead atoms. The molecular formula is C26H27NO5. The number of carbonyl (C=O) groups is 2. The van der Waals surface area contributed by atoms with E-state index in [0.29, 0.717) is 35.4 Å². The van der Waals surface area contributed by atoms with Crippen molar-refractivity contribution in [3.8, 4) is 11.5 Å². The van der Waals surface area contributed by atoms with Gasteiger partial charge in [-0.05, 0) is 43.0 Å². The van der Waals surface area contributed by atoms with Crippen molar-refractivity contribution in [1.29, 1.82) is 0 Å². The van der Waals surface area contributed by atoms with E-state index in [9.17, 15) is 9.59 Å². The van der Waals surface area contributed by atoms with E-state index in [-0.39, 0.29) is 11.7 Å². The van der Waals surface area contributed by atoms with Crippen LogP contribution in [-0.2, 0) is 14.3 Å². The highest BCUT2D eigenvalue weighted by Crippen LogP contribution is 2.47. The number of para-hydroxylation sites is 1. The van der Waals surface area contributed by atoms with Gasteiger partial charge in [-0.1, -0.05) is 30.3 Å². The SMILES string of the molecule is COC(=O)C1=C(C)NC2=C(C(=O)C[C@@H](c3ccc(OC)cc3)C2)[C@H]1c1ccccc1OC. The molecule has 1 heterocycles. The van der Waals surface area contributed by atoms with E-state index in [1.165, 1.54) is 7.11 Å². The second-order valence-corrected chi connectivity index (χ2v) is 8.02. The first kappa shape index (κ1) is 21.7. The van der Waals surface area contributed by atoms with E-state index in [0.717, 1.165) is 22.6 Å². The lowest BCUT2D eigenvalue weighted by Gasteiger charge is -2.37. The summed E-state index contributed by atoms with van der Waals surface area (Å²) in [5.41, 5.74) is 4.46. The summed E-state index contributed by atoms with van der Waals surface area (Å²) in [5, 5.41) is 3.35. The van der Waals surface area contributed by atoms with Gasteiger partial charge in [-0.3, -0.25) is 4.79 Å². The molecule has 2 aromatic carbocycles. The van der Waals surface area contributed by atoms with Gasteiger partial charge in [0.1, 0.15) is 11.5 Å². The van der Waals surface area contributed by atoms with Gasteiger partial charge < -0.3 is 19.5 Å². The van der Waals surface area contributed by atoms with Crippen molar-refractivity contribution in [3.05, 3.63) is 82.2 Å². The number of ketones is 1. The van der Waals surface area contributed by atoms with Gasteiger partial charge in [0.2, 0.25) is 0 Å². The molecule has 0 fully saturated rings. The standard InChI is InChI=1S/C26H27NO5/c1-15-23(26(29)32-4)24(19-7-5-6-8-22(19)31-3)25-20(27-15)13-17(14-21(25)28)16-9-11-18(30-2)12-10-16/h5-12,17,24,27H,13-14H2,1-4H3/t17-,24-/m0/s1. The highest BCUT2D eigenvalue weighted by molar-refractivity contribution is 6.04. The van der Waals surface area contributed by atoms with Gasteiger partial charge in [0.25, 0.3) is 0 Å². The van der Waals surface area contributed by atoms with Crippen LogP contribution in [0, 0.1) is 0 Å². The average Bonchev–Trinajstić information content (AvgIpc) is 2.82. The molecule has 4 rings (SSSR count). The van der Waals surface area contributed by atoms with E-state index >= 15 is 0 Å². The van der Waals surface area contributed by atoms with Gasteiger partial charge in [0, 0.05) is 29.0 Å². The maximum absolute atomic E-state index is 13.5. The molecule has 0 saturated heterocycles. The number of hydrogen-bond acceptors (Lipinski definition) is 6. The Morgan fingerprint density at radius 1 is 0.969 bits per heavy atom. The van der Waals surface area contributed by atoms with E-state index in [1.807, 2.05) is 55.5 Å². The van der Waals surface area contributed by atoms with Crippen LogP contribution in [0.4, 0.5) is 0 Å². The number of rotatable bonds is 5. The minimum Gasteiger partial charge on any atom is -0.497 e. The number of Topliss-reactive ketones (excluding diaryl/α,β-unsaturated/α-hetero) is 1. The molecule has 1 N–H and O–H groups in total. The van der Waals surface area contributed by atoms with Crippen LogP contribution < -0.4 is 14.8 Å². The third-order valence-electron chi connectivity index (χ3n) is 6.27. The van der Waals surface area contributed by atoms with E-state index in [4.69, 9.17) is 14.2 Å². The number of benzene rings is 2. The van der Waals surface area contributed by atoms with Crippen LogP contribution in [0.3, 0.4) is 0 Å². The summed E-state index contributed by atoms with van der Waals surface area (Å²) in [6, 6.07) is 15.3. The molecule has 0 aromatic heterocycles. The third kappa shape index (κ3) is 3.77. The van der Waals surface area contributed by atoms with Gasteiger partial charge >= 0.3 is 5.97 Å². The highest BCUT2D eigenvalue weighted by Gasteiger charge is 2.42. The fourth-order valence-corrected chi connectivity index (χ4v) is 4.75. The van der Waals surface area contributed by atoms with Gasteiger partial charge in [0.05, 0.1) is 32.8 Å². The van der Waals surface area contributed by atoms with Gasteiger partial charge in [-0.25, -0.2) is 4.79 Å². The van der Waals surface area contributed by atoms with Crippen LogP contribution in [0.1, 0.15) is 42.7 Å². The fourth-order valence-electron chi connectivity index (χ4n) is 4.75. The van der Waals surface area contributed by atoms with Crippen molar-refractivity contribution >= 4 is 11.8 Å². The molecule has 1 aliphatic heterocycles. The van der Waals surface area contributed by atoms with Crippen molar-refractivity contribution < 1.29 is 23.8 Å². The van der Waals surface area contributed by atoms with E-state index < -0.39 is 11.9 Å². The number of nitrogens with one attached hydrogen (secondary N) is 1. The molecule has 6 nitrogen and oxygen atoms in total. The molecule has 6 heteroatoms. The average molecular weight is 434 g/mol. The molecule has 0 radical (unpaired) electrons. The molecule has 2 atom stereocenters. The summed E-state index contributed by atoms with van der Waals surface area (Å²) >= 11 is 0. The van der Waals surface area contributed by atoms with Gasteiger partial charge in [-0.2, -0.15) is 0 Å². The Labute approximate surface area is 187 Å². The van der Waals surface area contributed by atoms with Crippen molar-refractivity contribution in [2.45, 2.75) is 31.6 Å². The number of hydrogen-bond donors (Lipinski definition) is 1. The van der Waals surface area contributed by atoms with Crippen molar-refractivity contribution in [1.82, 2.24) is 5.32 Å². The minimum atomic E-state index is -0.542. The fraction of sp³-hybridized carbons (Fsp3) is 0.308. The Morgan fingerprint density at radius 3 is 2.34 bits per heavy atom. The van der Waals surface area contributed by atoms with Crippen molar-refractivity contribution in [3.63, 3.8) is 0 Å². The minimum absolute atomic E-state index is 0.0179. The first-order chi connectivity index (χ1) is 15.5. The maximum Gasteiger partial charge on any atom is 0.336 e. The van der Waals surface area contributed by atoms with Crippen LogP contribution in [-0.4, -0.2) is 33.1 Å². The lowest BCUT2D eigenvalue weighted by atomic mass is 9.71. The Bertz CT molecular complexity index is 1110. The largest absolute Gasteiger partial charge is 0.497 e. The molecule has 0 amide bonds. The topological polar surface area (TPSA) is 73.9 Å². The van der Waals surface area contributed by atoms with Crippen LogP contribution in [0.15, 0.2) is 71.1 Å². The number of carbonyl (C=O) groups excluding carboxylic acids is 2. The molecule has 32 heavy (non-hydrogen) atoms. The van der Waals surface area contributed by atoms with E-state index in [2.05, 4.69) is 5.32 Å². The van der Waals surface area contributed by atoms with Crippen molar-refractivity contribution in [2.24, 2.45) is 0 Å². The number of esters is 1. The second-order valence-electron chi connectivity index (χ2n) is 8.02. The zero-order chi connectivity index (χ0) is 22.8. The quantitative estimate of drug-likeness (QED) is 0.711. The molecular weight excluding hydrogens is 406 g/mol. The molecule has 0 saturated carbocycles. The van der Waals surface area contributed by atoms with Crippen LogP contribution in [0.25, 0.3) is 0 Å². The van der Waals surface area contributed by atoms with Crippen LogP contribution in [0.2, 0.25) is 0 Å². The second kappa shape index (κ2) is 8.91. The summed E-state index contributed by atoms with van der Waals surface area (Å²) in [7, 11) is 4.58. The highest BCUT2D eigenvalue weighted by atomic mass is 16.5. The molecule has 0 spiro atoms. The normalized spacial score (nSPS) is 20.4. The summed E-state index contributed by atoms with van der Waals surface area (Å²) < 4.78 is 15.9. The molecule has 2 aromatic rings. The zero-order valence-electron chi connectivity index (χ0n) is 18.7. The summed E-state index contributed by atoms with van der Waals surface area (Å²) in [4.78, 5) is 26.3. The molecule has 2 aliphatic rings. The van der Waals surface area contributed by atoms with Crippen molar-refractivity contribution in [2.75, 3.05) is 21.3 Å². The Balaban J connectivity index is 1.80. The predicted molar refractivity (Wildman–Crippen MR) is 121 cm³/mol. The predicted octanol–water partition coefficient (Wildman–Crippen LogP) is 4.24. The Morgan fingerprint density at radius 2 is 1.69 bits per heavy atom. The zero-order valence-corrected chi connectivity index (χ0v) is 18.7. The smallest absolute Gasteiger partial charge is 0.336 e. The summed E-state index contributed by atoms with van der Waals surface area (Å²) in [6.07, 6.45) is 1.04. The molecule has 0 unspecified atom stereocenters. The Hall–Kier alpha value is -3.54. The number of allylic oxidation sites excluding steroid dienone is 3. The maximum atomic E-state index is 13.5. The molecule has 1 aliphatic carbocycles. The molecule has 166 valence electrons. The first-order valence-electron chi connectivity index (χ1n) is 10.6. The van der Waals surface area contributed by atoms with Crippen LogP contribution >= 0.6 is 0 Å². The number of dihydropyridines is 1.